The molecule has 6 nitrogen and oxygen atoms in total. The Morgan fingerprint density at radius 3 is 2.18 bits per heavy atom. The average Bonchev–Trinajstić information content (AvgIpc) is 2.72. The lowest BCUT2D eigenvalue weighted by Gasteiger charge is -2.24. The van der Waals surface area contributed by atoms with E-state index in [9.17, 15) is 13.2 Å². The Balaban J connectivity index is 2.27. The monoisotopic (exact) mass is 327 g/mol. The molecule has 0 aliphatic carbocycles. The van der Waals surface area contributed by atoms with Gasteiger partial charge >= 0.3 is 0 Å². The van der Waals surface area contributed by atoms with Crippen LogP contribution in [0.15, 0.2) is 12.1 Å². The van der Waals surface area contributed by atoms with Crippen LogP contribution in [0.2, 0.25) is 0 Å². The van der Waals surface area contributed by atoms with Gasteiger partial charge < -0.3 is 14.8 Å². The second kappa shape index (κ2) is 5.79. The Kier molecular flexibility index (Phi) is 4.37. The maximum absolute atomic E-state index is 12.4. The third kappa shape index (κ3) is 3.35. The molecule has 1 atom stereocenters. The first-order chi connectivity index (χ1) is 10.2. The van der Waals surface area contributed by atoms with Crippen LogP contribution in [0.5, 0.6) is 11.5 Å². The maximum atomic E-state index is 12.4. The van der Waals surface area contributed by atoms with Crippen LogP contribution in [0.1, 0.15) is 29.3 Å². The van der Waals surface area contributed by atoms with Gasteiger partial charge in [0, 0.05) is 11.1 Å². The number of nitrogens with one attached hydrogen (secondary N) is 1. The van der Waals surface area contributed by atoms with Crippen LogP contribution in [0.3, 0.4) is 0 Å². The van der Waals surface area contributed by atoms with Crippen LogP contribution in [0, 0.1) is 6.92 Å². The molecule has 0 unspecified atom stereocenters. The van der Waals surface area contributed by atoms with E-state index in [4.69, 9.17) is 9.47 Å². The molecule has 2 rings (SSSR count). The van der Waals surface area contributed by atoms with Crippen molar-refractivity contribution in [2.75, 3.05) is 25.7 Å². The number of carbonyl (C=O) groups is 1. The molecule has 1 saturated heterocycles. The largest absolute Gasteiger partial charge is 0.496 e. The van der Waals surface area contributed by atoms with Crippen LogP contribution in [-0.4, -0.2) is 45.6 Å². The minimum Gasteiger partial charge on any atom is -0.496 e. The summed E-state index contributed by atoms with van der Waals surface area (Å²) in [6, 6.07) is 3.25. The highest BCUT2D eigenvalue weighted by atomic mass is 32.2. The number of methoxy groups -OCH3 is 2. The van der Waals surface area contributed by atoms with E-state index >= 15 is 0 Å². The number of amides is 1. The summed E-state index contributed by atoms with van der Waals surface area (Å²) in [7, 11) is -0.0339. The van der Waals surface area contributed by atoms with Crippen molar-refractivity contribution in [1.82, 2.24) is 5.32 Å². The average molecular weight is 327 g/mol. The molecule has 0 bridgehead atoms. The summed E-state index contributed by atoms with van der Waals surface area (Å²) < 4.78 is 33.7. The lowest BCUT2D eigenvalue weighted by Crippen LogP contribution is -2.46. The molecule has 0 radical (unpaired) electrons. The maximum Gasteiger partial charge on any atom is 0.252 e. The van der Waals surface area contributed by atoms with E-state index < -0.39 is 15.4 Å². The molecule has 22 heavy (non-hydrogen) atoms. The van der Waals surface area contributed by atoms with Crippen molar-refractivity contribution in [3.63, 3.8) is 0 Å². The Labute approximate surface area is 130 Å². The highest BCUT2D eigenvalue weighted by Crippen LogP contribution is 2.30. The van der Waals surface area contributed by atoms with Gasteiger partial charge in [0.1, 0.15) is 11.5 Å². The zero-order valence-electron chi connectivity index (χ0n) is 13.2. The summed E-state index contributed by atoms with van der Waals surface area (Å²) in [6.45, 7) is 3.59. The normalized spacial score (nSPS) is 23.1. The molecule has 1 aromatic carbocycles. The van der Waals surface area contributed by atoms with Gasteiger partial charge in [-0.15, -0.1) is 0 Å². The lowest BCUT2D eigenvalue weighted by molar-refractivity contribution is 0.0914. The van der Waals surface area contributed by atoms with Crippen molar-refractivity contribution >= 4 is 15.7 Å². The Morgan fingerprint density at radius 2 is 1.77 bits per heavy atom. The first-order valence-corrected chi connectivity index (χ1v) is 8.77. The fraction of sp³-hybridized carbons (Fsp3) is 0.533. The minimum atomic E-state index is -3.08. The number of sulfone groups is 1. The molecule has 1 aliphatic rings. The fourth-order valence-corrected chi connectivity index (χ4v) is 4.77. The van der Waals surface area contributed by atoms with Gasteiger partial charge in [0.2, 0.25) is 0 Å². The molecule has 1 aliphatic heterocycles. The smallest absolute Gasteiger partial charge is 0.252 e. The molecule has 1 fully saturated rings. The number of benzene rings is 1. The molecular formula is C15H21NO5S. The van der Waals surface area contributed by atoms with E-state index in [0.717, 1.165) is 5.56 Å². The SMILES string of the molecule is COc1cc(C(=O)N[C@@]2(C)CCS(=O)(=O)C2)cc(OC)c1C. The molecule has 122 valence electrons. The summed E-state index contributed by atoms with van der Waals surface area (Å²) in [5.41, 5.74) is 0.447. The molecular weight excluding hydrogens is 306 g/mol. The van der Waals surface area contributed by atoms with Gasteiger partial charge in [0.05, 0.1) is 31.3 Å². The molecule has 0 saturated carbocycles. The van der Waals surface area contributed by atoms with Gasteiger partial charge in [-0.1, -0.05) is 0 Å². The van der Waals surface area contributed by atoms with E-state index in [1.807, 2.05) is 6.92 Å². The second-order valence-electron chi connectivity index (χ2n) is 5.86. The van der Waals surface area contributed by atoms with Crippen LogP contribution in [0.4, 0.5) is 0 Å². The second-order valence-corrected chi connectivity index (χ2v) is 8.05. The predicted molar refractivity (Wildman–Crippen MR) is 83.4 cm³/mol. The molecule has 0 spiro atoms. The molecule has 1 amide bonds. The lowest BCUT2D eigenvalue weighted by atomic mass is 10.0. The number of ether oxygens (including phenoxy) is 2. The fourth-order valence-electron chi connectivity index (χ4n) is 2.67. The topological polar surface area (TPSA) is 81.7 Å². The van der Waals surface area contributed by atoms with Crippen molar-refractivity contribution in [3.8, 4) is 11.5 Å². The molecule has 7 heteroatoms. The summed E-state index contributed by atoms with van der Waals surface area (Å²) in [4.78, 5) is 12.4. The van der Waals surface area contributed by atoms with E-state index in [-0.39, 0.29) is 17.4 Å². The Bertz CT molecular complexity index is 673. The highest BCUT2D eigenvalue weighted by molar-refractivity contribution is 7.91. The van der Waals surface area contributed by atoms with Crippen molar-refractivity contribution in [1.29, 1.82) is 0 Å². The summed E-state index contributed by atoms with van der Waals surface area (Å²) in [5.74, 6) is 0.828. The standard InChI is InChI=1S/C15H21NO5S/c1-10-12(20-3)7-11(8-13(10)21-4)14(17)16-15(2)5-6-22(18,19)9-15/h7-8H,5-6,9H2,1-4H3,(H,16,17)/t15-/m0/s1. The Morgan fingerprint density at radius 1 is 1.23 bits per heavy atom. The third-order valence-electron chi connectivity index (χ3n) is 3.93. The van der Waals surface area contributed by atoms with Crippen LogP contribution in [-0.2, 0) is 9.84 Å². The summed E-state index contributed by atoms with van der Waals surface area (Å²) in [6.07, 6.45) is 0.418. The van der Waals surface area contributed by atoms with Crippen LogP contribution < -0.4 is 14.8 Å². The summed E-state index contributed by atoms with van der Waals surface area (Å²) >= 11 is 0. The zero-order valence-corrected chi connectivity index (χ0v) is 14.0. The van der Waals surface area contributed by atoms with E-state index in [0.29, 0.717) is 23.5 Å². The number of carbonyl (C=O) groups excluding carboxylic acids is 1. The van der Waals surface area contributed by atoms with Crippen LogP contribution >= 0.6 is 0 Å². The van der Waals surface area contributed by atoms with E-state index in [1.54, 1.807) is 19.1 Å². The minimum absolute atomic E-state index is 0.0358. The third-order valence-corrected chi connectivity index (χ3v) is 5.84. The van der Waals surface area contributed by atoms with Gasteiger partial charge in [-0.3, -0.25) is 4.79 Å². The molecule has 1 aromatic rings. The van der Waals surface area contributed by atoms with Gasteiger partial charge in [-0.05, 0) is 32.4 Å². The van der Waals surface area contributed by atoms with Gasteiger partial charge in [0.25, 0.3) is 5.91 Å². The van der Waals surface area contributed by atoms with Gasteiger partial charge in [-0.2, -0.15) is 0 Å². The van der Waals surface area contributed by atoms with Crippen molar-refractivity contribution in [2.24, 2.45) is 0 Å². The van der Waals surface area contributed by atoms with E-state index in [2.05, 4.69) is 5.32 Å². The first kappa shape index (κ1) is 16.6. The van der Waals surface area contributed by atoms with Gasteiger partial charge in [-0.25, -0.2) is 8.42 Å². The zero-order chi connectivity index (χ0) is 16.5. The Hall–Kier alpha value is -1.76. The highest BCUT2D eigenvalue weighted by Gasteiger charge is 2.39. The number of hydrogen-bond acceptors (Lipinski definition) is 5. The number of rotatable bonds is 4. The molecule has 0 aromatic heterocycles. The molecule has 1 N–H and O–H groups in total. The van der Waals surface area contributed by atoms with Crippen molar-refractivity contribution in [2.45, 2.75) is 25.8 Å². The van der Waals surface area contributed by atoms with Crippen molar-refractivity contribution < 1.29 is 22.7 Å². The van der Waals surface area contributed by atoms with Crippen LogP contribution in [0.25, 0.3) is 0 Å². The van der Waals surface area contributed by atoms with E-state index in [1.165, 1.54) is 14.2 Å². The summed E-state index contributed by atoms with van der Waals surface area (Å²) in [5, 5.41) is 2.82. The quantitative estimate of drug-likeness (QED) is 0.902. The molecule has 1 heterocycles. The first-order valence-electron chi connectivity index (χ1n) is 6.95. The van der Waals surface area contributed by atoms with Gasteiger partial charge in [0.15, 0.2) is 9.84 Å². The van der Waals surface area contributed by atoms with Crippen molar-refractivity contribution in [3.05, 3.63) is 23.3 Å². The number of hydrogen-bond donors (Lipinski definition) is 1. The predicted octanol–water partition coefficient (Wildman–Crippen LogP) is 1.32.